The lowest BCUT2D eigenvalue weighted by Crippen LogP contribution is -2.29. The van der Waals surface area contributed by atoms with E-state index in [2.05, 4.69) is 0 Å². The van der Waals surface area contributed by atoms with Crippen LogP contribution in [0.1, 0.15) is 22.7 Å². The number of Topliss-reactive ketones (excluding diaryl/α,β-unsaturated/α-hetero) is 1. The molecule has 0 spiro atoms. The summed E-state index contributed by atoms with van der Waals surface area (Å²) in [5.74, 6) is 0.103. The quantitative estimate of drug-likeness (QED) is 0.252. The lowest BCUT2D eigenvalue weighted by molar-refractivity contribution is -0.140. The Morgan fingerprint density at radius 1 is 0.838 bits per heavy atom. The Balaban J connectivity index is 1.85. The topological polar surface area (TPSA) is 94.5 Å². The molecule has 1 amide bonds. The number of likely N-dealkylation sites (tertiary alicyclic amines) is 1. The van der Waals surface area contributed by atoms with Crippen molar-refractivity contribution in [1.82, 2.24) is 4.90 Å². The molecular formula is C28H26ClNO7. The smallest absolute Gasteiger partial charge is 0.295 e. The molecule has 4 rings (SSSR count). The van der Waals surface area contributed by atoms with Gasteiger partial charge in [-0.3, -0.25) is 9.59 Å². The van der Waals surface area contributed by atoms with Gasteiger partial charge in [-0.1, -0.05) is 29.8 Å². The number of carbonyl (C=O) groups excluding carboxylic acids is 2. The number of ketones is 1. The van der Waals surface area contributed by atoms with Crippen LogP contribution in [0.2, 0.25) is 5.02 Å². The second kappa shape index (κ2) is 10.8. The van der Waals surface area contributed by atoms with Gasteiger partial charge in [-0.05, 0) is 53.6 Å². The van der Waals surface area contributed by atoms with E-state index in [-0.39, 0.29) is 17.9 Å². The fraction of sp³-hybridized carbons (Fsp3) is 0.214. The van der Waals surface area contributed by atoms with E-state index in [0.717, 1.165) is 0 Å². The summed E-state index contributed by atoms with van der Waals surface area (Å²) in [6.07, 6.45) is 0. The fourth-order valence-corrected chi connectivity index (χ4v) is 4.51. The van der Waals surface area contributed by atoms with Crippen molar-refractivity contribution in [2.75, 3.05) is 28.4 Å². The molecule has 37 heavy (non-hydrogen) atoms. The highest BCUT2D eigenvalue weighted by Gasteiger charge is 2.46. The van der Waals surface area contributed by atoms with Crippen LogP contribution in [0.15, 0.2) is 66.2 Å². The Bertz CT molecular complexity index is 1370. The Hall–Kier alpha value is -4.17. The van der Waals surface area contributed by atoms with Crippen LogP contribution >= 0.6 is 11.6 Å². The van der Waals surface area contributed by atoms with Crippen molar-refractivity contribution in [1.29, 1.82) is 0 Å². The minimum Gasteiger partial charge on any atom is -0.507 e. The zero-order valence-corrected chi connectivity index (χ0v) is 21.5. The monoisotopic (exact) mass is 523 g/mol. The van der Waals surface area contributed by atoms with Gasteiger partial charge in [0.15, 0.2) is 11.5 Å². The summed E-state index contributed by atoms with van der Waals surface area (Å²) >= 11 is 6.14. The van der Waals surface area contributed by atoms with E-state index in [9.17, 15) is 14.7 Å². The molecule has 0 aliphatic carbocycles. The summed E-state index contributed by atoms with van der Waals surface area (Å²) in [5, 5.41) is 11.7. The molecule has 0 radical (unpaired) electrons. The van der Waals surface area contributed by atoms with Crippen LogP contribution in [0.25, 0.3) is 5.76 Å². The number of methoxy groups -OCH3 is 4. The first-order chi connectivity index (χ1) is 17.8. The summed E-state index contributed by atoms with van der Waals surface area (Å²) in [6.45, 7) is 0.0857. The van der Waals surface area contributed by atoms with Gasteiger partial charge in [-0.15, -0.1) is 0 Å². The first kappa shape index (κ1) is 25.9. The van der Waals surface area contributed by atoms with E-state index < -0.39 is 17.7 Å². The number of carbonyl (C=O) groups is 2. The normalized spacial score (nSPS) is 16.6. The number of rotatable bonds is 8. The van der Waals surface area contributed by atoms with Crippen LogP contribution in [0, 0.1) is 0 Å². The Kier molecular flexibility index (Phi) is 7.59. The predicted molar refractivity (Wildman–Crippen MR) is 138 cm³/mol. The maximum Gasteiger partial charge on any atom is 0.295 e. The van der Waals surface area contributed by atoms with Gasteiger partial charge in [0.1, 0.15) is 17.3 Å². The Morgan fingerprint density at radius 2 is 1.51 bits per heavy atom. The van der Waals surface area contributed by atoms with Gasteiger partial charge in [0.2, 0.25) is 0 Å². The molecule has 8 nitrogen and oxygen atoms in total. The van der Waals surface area contributed by atoms with Crippen LogP contribution in [-0.4, -0.2) is 50.1 Å². The number of hydrogen-bond acceptors (Lipinski definition) is 7. The standard InChI is InChI=1S/C28H26ClNO7/c1-34-19-9-6-17(7-10-19)25-24(26(31)18-8-11-20(29)22(14-18)36-3)27(32)28(33)30(25)15-16-5-12-21(35-2)23(13-16)37-4/h5-14,25,31H,15H2,1-4H3/b26-24-. The van der Waals surface area contributed by atoms with E-state index in [4.69, 9.17) is 30.5 Å². The van der Waals surface area contributed by atoms with Gasteiger partial charge in [0.25, 0.3) is 11.7 Å². The molecule has 1 saturated heterocycles. The minimum absolute atomic E-state index is 0.0416. The highest BCUT2D eigenvalue weighted by Crippen LogP contribution is 2.42. The molecule has 192 valence electrons. The first-order valence-corrected chi connectivity index (χ1v) is 11.7. The predicted octanol–water partition coefficient (Wildman–Crippen LogP) is 5.00. The molecule has 9 heteroatoms. The molecule has 1 atom stereocenters. The van der Waals surface area contributed by atoms with Crippen LogP contribution in [0.5, 0.6) is 23.0 Å². The lowest BCUT2D eigenvalue weighted by Gasteiger charge is -2.26. The Labute approximate surface area is 219 Å². The molecule has 0 aromatic heterocycles. The third-order valence-electron chi connectivity index (χ3n) is 6.20. The Morgan fingerprint density at radius 3 is 2.14 bits per heavy atom. The maximum absolute atomic E-state index is 13.3. The molecule has 1 aliphatic rings. The van der Waals surface area contributed by atoms with Crippen LogP contribution in [-0.2, 0) is 16.1 Å². The molecule has 1 fully saturated rings. The average molecular weight is 524 g/mol. The van der Waals surface area contributed by atoms with Gasteiger partial charge in [0, 0.05) is 12.1 Å². The van der Waals surface area contributed by atoms with Crippen molar-refractivity contribution in [3.63, 3.8) is 0 Å². The fourth-order valence-electron chi connectivity index (χ4n) is 4.31. The second-order valence-corrected chi connectivity index (χ2v) is 8.65. The third-order valence-corrected chi connectivity index (χ3v) is 6.51. The van der Waals surface area contributed by atoms with Crippen LogP contribution in [0.3, 0.4) is 0 Å². The van der Waals surface area contributed by atoms with E-state index in [1.807, 2.05) is 0 Å². The molecule has 1 N–H and O–H groups in total. The van der Waals surface area contributed by atoms with Gasteiger partial charge in [0.05, 0.1) is 45.1 Å². The number of aliphatic hydroxyl groups is 1. The number of aliphatic hydroxyl groups excluding tert-OH is 1. The molecule has 0 saturated carbocycles. The van der Waals surface area contributed by atoms with Gasteiger partial charge < -0.3 is 29.0 Å². The number of ether oxygens (including phenoxy) is 4. The van der Waals surface area contributed by atoms with E-state index in [1.165, 1.54) is 32.3 Å². The van der Waals surface area contributed by atoms with Crippen LogP contribution < -0.4 is 18.9 Å². The molecule has 3 aromatic carbocycles. The largest absolute Gasteiger partial charge is 0.507 e. The van der Waals surface area contributed by atoms with E-state index in [1.54, 1.807) is 61.7 Å². The third kappa shape index (κ3) is 4.93. The van der Waals surface area contributed by atoms with Gasteiger partial charge in [-0.2, -0.15) is 0 Å². The molecular weight excluding hydrogens is 498 g/mol. The number of halogens is 1. The zero-order chi connectivity index (χ0) is 26.7. The van der Waals surface area contributed by atoms with Crippen molar-refractivity contribution >= 4 is 29.1 Å². The maximum atomic E-state index is 13.3. The summed E-state index contributed by atoms with van der Waals surface area (Å²) in [5.41, 5.74) is 1.60. The molecule has 1 heterocycles. The summed E-state index contributed by atoms with van der Waals surface area (Å²) in [6, 6.07) is 16.0. The van der Waals surface area contributed by atoms with Gasteiger partial charge in [-0.25, -0.2) is 0 Å². The van der Waals surface area contributed by atoms with Crippen molar-refractivity contribution in [3.05, 3.63) is 87.9 Å². The van der Waals surface area contributed by atoms with Gasteiger partial charge >= 0.3 is 0 Å². The summed E-state index contributed by atoms with van der Waals surface area (Å²) < 4.78 is 21.2. The SMILES string of the molecule is COc1ccc(C2/C(=C(/O)c3ccc(Cl)c(OC)c3)C(=O)C(=O)N2Cc2ccc(OC)c(OC)c2)cc1. The highest BCUT2D eigenvalue weighted by atomic mass is 35.5. The number of nitrogens with zero attached hydrogens (tertiary/aromatic N) is 1. The molecule has 1 unspecified atom stereocenters. The van der Waals surface area contributed by atoms with E-state index in [0.29, 0.717) is 44.7 Å². The first-order valence-electron chi connectivity index (χ1n) is 11.3. The highest BCUT2D eigenvalue weighted by molar-refractivity contribution is 6.46. The van der Waals surface area contributed by atoms with Crippen LogP contribution in [0.4, 0.5) is 0 Å². The van der Waals surface area contributed by atoms with Crippen molar-refractivity contribution in [3.8, 4) is 23.0 Å². The number of amides is 1. The second-order valence-electron chi connectivity index (χ2n) is 8.24. The minimum atomic E-state index is -0.860. The van der Waals surface area contributed by atoms with Crippen molar-refractivity contribution in [2.45, 2.75) is 12.6 Å². The molecule has 0 bridgehead atoms. The van der Waals surface area contributed by atoms with Crippen molar-refractivity contribution in [2.24, 2.45) is 0 Å². The zero-order valence-electron chi connectivity index (χ0n) is 20.8. The summed E-state index contributed by atoms with van der Waals surface area (Å²) in [7, 11) is 6.05. The average Bonchev–Trinajstić information content (AvgIpc) is 3.17. The number of benzene rings is 3. The van der Waals surface area contributed by atoms with Crippen molar-refractivity contribution < 1.29 is 33.6 Å². The van der Waals surface area contributed by atoms with E-state index >= 15 is 0 Å². The molecule has 3 aromatic rings. The lowest BCUT2D eigenvalue weighted by atomic mass is 9.95. The number of hydrogen-bond donors (Lipinski definition) is 1. The molecule has 1 aliphatic heterocycles. The summed E-state index contributed by atoms with van der Waals surface area (Å²) in [4.78, 5) is 28.1.